The number of anilines is 1. The first kappa shape index (κ1) is 12.6. The molecule has 0 radical (unpaired) electrons. The van der Waals surface area contributed by atoms with Crippen molar-refractivity contribution in [3.05, 3.63) is 27.1 Å². The molecule has 1 rings (SSSR count). The Bertz CT molecular complexity index is 352. The Morgan fingerprint density at radius 2 is 2.27 bits per heavy atom. The quantitative estimate of drug-likeness (QED) is 0.847. The number of nitrogens with zero attached hydrogens (tertiary/aromatic N) is 1. The van der Waals surface area contributed by atoms with E-state index in [0.717, 1.165) is 24.5 Å². The highest BCUT2D eigenvalue weighted by Gasteiger charge is 2.01. The van der Waals surface area contributed by atoms with Crippen LogP contribution in [-0.2, 0) is 6.54 Å². The molecule has 84 valence electrons. The SMILES string of the molecule is CCSCCCn1cc(N)c(=O)c(Br)c1. The van der Waals surface area contributed by atoms with Crippen molar-refractivity contribution >= 4 is 33.4 Å². The summed E-state index contributed by atoms with van der Waals surface area (Å²) in [7, 11) is 0. The summed E-state index contributed by atoms with van der Waals surface area (Å²) in [5.74, 6) is 2.29. The first-order valence-electron chi connectivity index (χ1n) is 4.88. The molecule has 0 bridgehead atoms. The second-order valence-electron chi connectivity index (χ2n) is 3.18. The standard InChI is InChI=1S/C10H15BrN2OS/c1-2-15-5-3-4-13-6-8(11)10(14)9(12)7-13/h6-7H,2-5,12H2,1H3. The molecule has 0 saturated carbocycles. The van der Waals surface area contributed by atoms with E-state index in [0.29, 0.717) is 10.2 Å². The van der Waals surface area contributed by atoms with E-state index in [2.05, 4.69) is 22.9 Å². The van der Waals surface area contributed by atoms with Crippen LogP contribution in [0.5, 0.6) is 0 Å². The first-order valence-corrected chi connectivity index (χ1v) is 6.82. The van der Waals surface area contributed by atoms with Gasteiger partial charge >= 0.3 is 0 Å². The summed E-state index contributed by atoms with van der Waals surface area (Å²) in [5.41, 5.74) is 5.75. The monoisotopic (exact) mass is 290 g/mol. The summed E-state index contributed by atoms with van der Waals surface area (Å²) in [5, 5.41) is 0. The van der Waals surface area contributed by atoms with Gasteiger partial charge in [0.25, 0.3) is 0 Å². The van der Waals surface area contributed by atoms with Crippen LogP contribution in [0.15, 0.2) is 21.7 Å². The fourth-order valence-electron chi connectivity index (χ4n) is 1.24. The van der Waals surface area contributed by atoms with Gasteiger partial charge in [-0.25, -0.2) is 0 Å². The number of nitrogen functional groups attached to an aromatic ring is 1. The minimum atomic E-state index is -0.130. The fourth-order valence-corrected chi connectivity index (χ4v) is 2.35. The molecule has 0 aliphatic heterocycles. The second kappa shape index (κ2) is 6.23. The van der Waals surface area contributed by atoms with Crippen LogP contribution in [0.1, 0.15) is 13.3 Å². The number of aromatic nitrogens is 1. The molecule has 0 spiro atoms. The number of thioether (sulfide) groups is 1. The summed E-state index contributed by atoms with van der Waals surface area (Å²) in [4.78, 5) is 11.3. The highest BCUT2D eigenvalue weighted by atomic mass is 79.9. The van der Waals surface area contributed by atoms with E-state index in [4.69, 9.17) is 5.73 Å². The first-order chi connectivity index (χ1) is 7.15. The second-order valence-corrected chi connectivity index (χ2v) is 5.43. The third kappa shape index (κ3) is 3.91. The molecule has 1 aromatic heterocycles. The third-order valence-corrected chi connectivity index (χ3v) is 3.52. The minimum Gasteiger partial charge on any atom is -0.394 e. The van der Waals surface area contributed by atoms with Gasteiger partial charge in [-0.15, -0.1) is 0 Å². The lowest BCUT2D eigenvalue weighted by Crippen LogP contribution is -2.13. The number of halogens is 1. The average Bonchev–Trinajstić information content (AvgIpc) is 2.21. The zero-order chi connectivity index (χ0) is 11.3. The number of nitrogens with two attached hydrogens (primary N) is 1. The summed E-state index contributed by atoms with van der Waals surface area (Å²) >= 11 is 5.12. The molecule has 0 aliphatic carbocycles. The molecule has 0 aliphatic rings. The molecule has 15 heavy (non-hydrogen) atoms. The van der Waals surface area contributed by atoms with Crippen LogP contribution in [0.4, 0.5) is 5.69 Å². The molecule has 1 heterocycles. The topological polar surface area (TPSA) is 48.0 Å². The van der Waals surface area contributed by atoms with E-state index in [1.807, 2.05) is 16.3 Å². The van der Waals surface area contributed by atoms with Crippen LogP contribution < -0.4 is 11.2 Å². The summed E-state index contributed by atoms with van der Waals surface area (Å²) in [6.07, 6.45) is 4.58. The van der Waals surface area contributed by atoms with E-state index in [-0.39, 0.29) is 5.43 Å². The van der Waals surface area contributed by atoms with E-state index in [1.165, 1.54) is 0 Å². The molecule has 2 N–H and O–H groups in total. The molecule has 5 heteroatoms. The summed E-state index contributed by atoms with van der Waals surface area (Å²) < 4.78 is 2.49. The Hall–Kier alpha value is -0.420. The molecule has 3 nitrogen and oxygen atoms in total. The molecule has 0 unspecified atom stereocenters. The van der Waals surface area contributed by atoms with Crippen LogP contribution in [0.25, 0.3) is 0 Å². The van der Waals surface area contributed by atoms with Gasteiger partial charge in [0.15, 0.2) is 0 Å². The molecule has 0 atom stereocenters. The van der Waals surface area contributed by atoms with Crippen molar-refractivity contribution in [2.75, 3.05) is 17.2 Å². The van der Waals surface area contributed by atoms with Crippen molar-refractivity contribution in [1.29, 1.82) is 0 Å². The number of rotatable bonds is 5. The Morgan fingerprint density at radius 3 is 2.87 bits per heavy atom. The van der Waals surface area contributed by atoms with E-state index < -0.39 is 0 Å². The Morgan fingerprint density at radius 1 is 1.53 bits per heavy atom. The zero-order valence-electron chi connectivity index (χ0n) is 8.70. The maximum atomic E-state index is 11.3. The third-order valence-electron chi connectivity index (χ3n) is 1.97. The van der Waals surface area contributed by atoms with E-state index in [9.17, 15) is 4.79 Å². The minimum absolute atomic E-state index is 0.130. The molecule has 0 amide bonds. The van der Waals surface area contributed by atoms with Crippen molar-refractivity contribution in [3.63, 3.8) is 0 Å². The highest BCUT2D eigenvalue weighted by Crippen LogP contribution is 2.08. The summed E-state index contributed by atoms with van der Waals surface area (Å²) in [6.45, 7) is 3.05. The van der Waals surface area contributed by atoms with Gasteiger partial charge in [0.05, 0.1) is 10.2 Å². The maximum absolute atomic E-state index is 11.3. The lowest BCUT2D eigenvalue weighted by molar-refractivity contribution is 0.677. The molecular formula is C10H15BrN2OS. The molecular weight excluding hydrogens is 276 g/mol. The van der Waals surface area contributed by atoms with Crippen LogP contribution in [0.3, 0.4) is 0 Å². The van der Waals surface area contributed by atoms with Crippen LogP contribution in [0.2, 0.25) is 0 Å². The molecule has 0 fully saturated rings. The van der Waals surface area contributed by atoms with E-state index in [1.54, 1.807) is 12.4 Å². The lowest BCUT2D eigenvalue weighted by Gasteiger charge is -2.07. The molecule has 0 saturated heterocycles. The summed E-state index contributed by atoms with van der Waals surface area (Å²) in [6, 6.07) is 0. The Kier molecular flexibility index (Phi) is 5.25. The Labute approximate surface area is 102 Å². The van der Waals surface area contributed by atoms with Crippen LogP contribution in [0, 0.1) is 0 Å². The van der Waals surface area contributed by atoms with Gasteiger partial charge in [-0.1, -0.05) is 6.92 Å². The van der Waals surface area contributed by atoms with Crippen LogP contribution >= 0.6 is 27.7 Å². The van der Waals surface area contributed by atoms with Gasteiger partial charge in [0.1, 0.15) is 0 Å². The maximum Gasteiger partial charge on any atom is 0.218 e. The van der Waals surface area contributed by atoms with Gasteiger partial charge < -0.3 is 10.3 Å². The van der Waals surface area contributed by atoms with Crippen molar-refractivity contribution in [3.8, 4) is 0 Å². The fraction of sp³-hybridized carbons (Fsp3) is 0.500. The normalized spacial score (nSPS) is 10.5. The van der Waals surface area contributed by atoms with Crippen molar-refractivity contribution in [2.24, 2.45) is 0 Å². The Balaban J connectivity index is 2.59. The van der Waals surface area contributed by atoms with Gasteiger partial charge in [0, 0.05) is 18.9 Å². The molecule has 1 aromatic rings. The van der Waals surface area contributed by atoms with Crippen molar-refractivity contribution in [2.45, 2.75) is 19.9 Å². The van der Waals surface area contributed by atoms with Crippen molar-refractivity contribution in [1.82, 2.24) is 4.57 Å². The van der Waals surface area contributed by atoms with E-state index >= 15 is 0 Å². The van der Waals surface area contributed by atoms with Gasteiger partial charge in [-0.3, -0.25) is 4.79 Å². The lowest BCUT2D eigenvalue weighted by atomic mass is 10.4. The number of aryl methyl sites for hydroxylation is 1. The largest absolute Gasteiger partial charge is 0.394 e. The number of hydrogen-bond donors (Lipinski definition) is 1. The smallest absolute Gasteiger partial charge is 0.218 e. The number of pyridine rings is 1. The average molecular weight is 291 g/mol. The van der Waals surface area contributed by atoms with Gasteiger partial charge in [0.2, 0.25) is 5.43 Å². The predicted molar refractivity (Wildman–Crippen MR) is 70.4 cm³/mol. The van der Waals surface area contributed by atoms with Gasteiger partial charge in [-0.05, 0) is 33.9 Å². The van der Waals surface area contributed by atoms with Crippen molar-refractivity contribution < 1.29 is 0 Å². The zero-order valence-corrected chi connectivity index (χ0v) is 11.1. The highest BCUT2D eigenvalue weighted by molar-refractivity contribution is 9.10. The predicted octanol–water partition coefficient (Wildman–Crippen LogP) is 2.34. The van der Waals surface area contributed by atoms with Crippen LogP contribution in [-0.4, -0.2) is 16.1 Å². The molecule has 0 aromatic carbocycles. The van der Waals surface area contributed by atoms with Gasteiger partial charge in [-0.2, -0.15) is 11.8 Å². The number of hydrogen-bond acceptors (Lipinski definition) is 3.